The molecule has 14 heavy (non-hydrogen) atoms. The molecule has 0 aromatic carbocycles. The minimum Gasteiger partial charge on any atom is -0.383 e. The van der Waals surface area contributed by atoms with E-state index in [0.29, 0.717) is 12.1 Å². The van der Waals surface area contributed by atoms with Crippen molar-refractivity contribution < 1.29 is 4.74 Å². The number of hydrogen-bond donors (Lipinski definition) is 1. The van der Waals surface area contributed by atoms with E-state index in [1.54, 1.807) is 7.11 Å². The summed E-state index contributed by atoms with van der Waals surface area (Å²) in [7, 11) is 1.74. The van der Waals surface area contributed by atoms with Crippen molar-refractivity contribution in [2.75, 3.05) is 13.7 Å². The van der Waals surface area contributed by atoms with Gasteiger partial charge in [0, 0.05) is 24.1 Å². The molecule has 0 bridgehead atoms. The summed E-state index contributed by atoms with van der Waals surface area (Å²) in [5.74, 6) is 0. The average molecular weight is 213 g/mol. The van der Waals surface area contributed by atoms with Crippen LogP contribution >= 0.6 is 11.3 Å². The highest BCUT2D eigenvalue weighted by Crippen LogP contribution is 2.23. The van der Waals surface area contributed by atoms with E-state index in [1.165, 1.54) is 10.4 Å². The molecule has 1 aromatic heterocycles. The van der Waals surface area contributed by atoms with E-state index in [9.17, 15) is 0 Å². The van der Waals surface area contributed by atoms with Gasteiger partial charge in [-0.2, -0.15) is 0 Å². The topological polar surface area (TPSA) is 21.3 Å². The van der Waals surface area contributed by atoms with Crippen LogP contribution in [0.3, 0.4) is 0 Å². The fraction of sp³-hybridized carbons (Fsp3) is 0.636. The summed E-state index contributed by atoms with van der Waals surface area (Å²) in [5.41, 5.74) is 1.37. The average Bonchev–Trinajstić information content (AvgIpc) is 2.51. The zero-order valence-electron chi connectivity index (χ0n) is 9.33. The van der Waals surface area contributed by atoms with E-state index in [0.717, 1.165) is 6.61 Å². The predicted octanol–water partition coefficient (Wildman–Crippen LogP) is 2.74. The molecule has 0 saturated carbocycles. The molecular weight excluding hydrogens is 194 g/mol. The zero-order valence-corrected chi connectivity index (χ0v) is 10.1. The SMILES string of the molecule is COC[C@@H](C)N[C@H](C)c1sccc1C. The van der Waals surface area contributed by atoms with Crippen molar-refractivity contribution in [1.29, 1.82) is 0 Å². The van der Waals surface area contributed by atoms with Gasteiger partial charge >= 0.3 is 0 Å². The van der Waals surface area contributed by atoms with Gasteiger partial charge in [-0.25, -0.2) is 0 Å². The van der Waals surface area contributed by atoms with Crippen LogP contribution in [-0.2, 0) is 4.74 Å². The van der Waals surface area contributed by atoms with Crippen molar-refractivity contribution in [3.05, 3.63) is 21.9 Å². The molecule has 0 aliphatic rings. The Bertz CT molecular complexity index is 272. The third-order valence-corrected chi connectivity index (χ3v) is 3.45. The summed E-state index contributed by atoms with van der Waals surface area (Å²) in [6.07, 6.45) is 0. The van der Waals surface area contributed by atoms with E-state index >= 15 is 0 Å². The van der Waals surface area contributed by atoms with Crippen LogP contribution in [-0.4, -0.2) is 19.8 Å². The Kier molecular flexibility index (Phi) is 4.58. The minimum atomic E-state index is 0.400. The van der Waals surface area contributed by atoms with E-state index in [4.69, 9.17) is 4.74 Å². The smallest absolute Gasteiger partial charge is 0.0613 e. The Hall–Kier alpha value is -0.380. The van der Waals surface area contributed by atoms with Gasteiger partial charge in [0.25, 0.3) is 0 Å². The van der Waals surface area contributed by atoms with Crippen molar-refractivity contribution in [2.24, 2.45) is 0 Å². The molecule has 0 amide bonds. The Morgan fingerprint density at radius 3 is 2.71 bits per heavy atom. The summed E-state index contributed by atoms with van der Waals surface area (Å²) in [5, 5.41) is 5.65. The van der Waals surface area contributed by atoms with E-state index < -0.39 is 0 Å². The van der Waals surface area contributed by atoms with Crippen molar-refractivity contribution in [2.45, 2.75) is 32.9 Å². The fourth-order valence-electron chi connectivity index (χ4n) is 1.63. The lowest BCUT2D eigenvalue weighted by molar-refractivity contribution is 0.168. The first-order valence-corrected chi connectivity index (χ1v) is 5.82. The number of aryl methyl sites for hydroxylation is 1. The van der Waals surface area contributed by atoms with Crippen LogP contribution in [0.2, 0.25) is 0 Å². The van der Waals surface area contributed by atoms with Crippen LogP contribution in [0, 0.1) is 6.92 Å². The van der Waals surface area contributed by atoms with Gasteiger partial charge in [0.2, 0.25) is 0 Å². The number of hydrogen-bond acceptors (Lipinski definition) is 3. The third kappa shape index (κ3) is 3.08. The van der Waals surface area contributed by atoms with Gasteiger partial charge in [-0.1, -0.05) is 0 Å². The Labute approximate surface area is 90.3 Å². The molecule has 3 heteroatoms. The van der Waals surface area contributed by atoms with Crippen LogP contribution < -0.4 is 5.32 Å². The molecule has 0 fully saturated rings. The number of rotatable bonds is 5. The maximum absolute atomic E-state index is 5.09. The molecule has 0 spiro atoms. The highest BCUT2D eigenvalue weighted by atomic mass is 32.1. The first-order valence-electron chi connectivity index (χ1n) is 4.94. The molecule has 2 atom stereocenters. The van der Waals surface area contributed by atoms with Gasteiger partial charge in [0.05, 0.1) is 6.61 Å². The first kappa shape index (κ1) is 11.7. The van der Waals surface area contributed by atoms with Crippen LogP contribution in [0.5, 0.6) is 0 Å². The van der Waals surface area contributed by atoms with Gasteiger partial charge < -0.3 is 10.1 Å². The summed E-state index contributed by atoms with van der Waals surface area (Å²) in [4.78, 5) is 1.42. The van der Waals surface area contributed by atoms with E-state index in [-0.39, 0.29) is 0 Å². The summed E-state index contributed by atoms with van der Waals surface area (Å²) in [6, 6.07) is 2.98. The van der Waals surface area contributed by atoms with Crippen molar-refractivity contribution in [3.8, 4) is 0 Å². The lowest BCUT2D eigenvalue weighted by Crippen LogP contribution is -2.32. The molecule has 0 unspecified atom stereocenters. The highest BCUT2D eigenvalue weighted by Gasteiger charge is 2.11. The molecule has 1 N–H and O–H groups in total. The second-order valence-corrected chi connectivity index (χ2v) is 4.66. The molecule has 80 valence electrons. The molecule has 0 aliphatic heterocycles. The standard InChI is InChI=1S/C11H19NOS/c1-8-5-6-14-11(8)10(3)12-9(2)7-13-4/h5-6,9-10,12H,7H2,1-4H3/t9-,10-/m1/s1. The van der Waals surface area contributed by atoms with Crippen LogP contribution in [0.4, 0.5) is 0 Å². The molecule has 1 rings (SSSR count). The molecular formula is C11H19NOS. The summed E-state index contributed by atoms with van der Waals surface area (Å²) in [6.45, 7) is 7.26. The Balaban J connectivity index is 2.50. The Morgan fingerprint density at radius 2 is 2.21 bits per heavy atom. The van der Waals surface area contributed by atoms with Gasteiger partial charge in [0.15, 0.2) is 0 Å². The molecule has 0 radical (unpaired) electrons. The lowest BCUT2D eigenvalue weighted by Gasteiger charge is -2.19. The summed E-state index contributed by atoms with van der Waals surface area (Å²) < 4.78 is 5.09. The fourth-order valence-corrected chi connectivity index (χ4v) is 2.57. The van der Waals surface area contributed by atoms with Gasteiger partial charge in [-0.05, 0) is 37.8 Å². The van der Waals surface area contributed by atoms with Crippen molar-refractivity contribution >= 4 is 11.3 Å². The van der Waals surface area contributed by atoms with Crippen LogP contribution in [0.15, 0.2) is 11.4 Å². The van der Waals surface area contributed by atoms with E-state index in [2.05, 4.69) is 37.5 Å². The lowest BCUT2D eigenvalue weighted by atomic mass is 10.2. The third-order valence-electron chi connectivity index (χ3n) is 2.25. The maximum atomic E-state index is 5.09. The van der Waals surface area contributed by atoms with Crippen molar-refractivity contribution in [1.82, 2.24) is 5.32 Å². The Morgan fingerprint density at radius 1 is 1.50 bits per heavy atom. The minimum absolute atomic E-state index is 0.400. The number of thiophene rings is 1. The molecule has 1 heterocycles. The largest absolute Gasteiger partial charge is 0.383 e. The molecule has 0 aliphatic carbocycles. The second kappa shape index (κ2) is 5.49. The monoisotopic (exact) mass is 213 g/mol. The van der Waals surface area contributed by atoms with Gasteiger partial charge in [0.1, 0.15) is 0 Å². The van der Waals surface area contributed by atoms with Gasteiger partial charge in [-0.3, -0.25) is 0 Å². The number of methoxy groups -OCH3 is 1. The normalized spacial score (nSPS) is 15.4. The van der Waals surface area contributed by atoms with Crippen LogP contribution in [0.25, 0.3) is 0 Å². The zero-order chi connectivity index (χ0) is 10.6. The first-order chi connectivity index (χ1) is 6.65. The van der Waals surface area contributed by atoms with E-state index in [1.807, 2.05) is 11.3 Å². The molecule has 0 saturated heterocycles. The van der Waals surface area contributed by atoms with Crippen LogP contribution in [0.1, 0.15) is 30.3 Å². The molecule has 1 aromatic rings. The van der Waals surface area contributed by atoms with Gasteiger partial charge in [-0.15, -0.1) is 11.3 Å². The second-order valence-electron chi connectivity index (χ2n) is 3.71. The predicted molar refractivity (Wildman–Crippen MR) is 61.9 cm³/mol. The molecule has 2 nitrogen and oxygen atoms in total. The summed E-state index contributed by atoms with van der Waals surface area (Å²) >= 11 is 1.81. The highest BCUT2D eigenvalue weighted by molar-refractivity contribution is 7.10. The quantitative estimate of drug-likeness (QED) is 0.812. The number of ether oxygens (including phenoxy) is 1. The number of nitrogens with one attached hydrogen (secondary N) is 1. The van der Waals surface area contributed by atoms with Crippen molar-refractivity contribution in [3.63, 3.8) is 0 Å². The maximum Gasteiger partial charge on any atom is 0.0613 e.